The first-order valence-electron chi connectivity index (χ1n) is 10.5. The molecule has 0 heterocycles. The molecule has 140 valence electrons. The Kier molecular flexibility index (Phi) is 18.2. The molecule has 0 saturated carbocycles. The van der Waals surface area contributed by atoms with Crippen LogP contribution in [-0.4, -0.2) is 23.9 Å². The lowest BCUT2D eigenvalue weighted by Gasteiger charge is -2.19. The fourth-order valence-corrected chi connectivity index (χ4v) is 3.07. The molecule has 1 N–H and O–H groups in total. The first-order valence-corrected chi connectivity index (χ1v) is 10.5. The van der Waals surface area contributed by atoms with E-state index >= 15 is 0 Å². The highest BCUT2D eigenvalue weighted by molar-refractivity contribution is 4.61. The lowest BCUT2D eigenvalue weighted by molar-refractivity contribution is -0.0118. The van der Waals surface area contributed by atoms with Gasteiger partial charge in [0.15, 0.2) is 0 Å². The minimum atomic E-state index is -0.337. The van der Waals surface area contributed by atoms with E-state index in [-0.39, 0.29) is 6.10 Å². The zero-order valence-electron chi connectivity index (χ0n) is 16.3. The summed E-state index contributed by atoms with van der Waals surface area (Å²) in [4.78, 5) is 0. The summed E-state index contributed by atoms with van der Waals surface area (Å²) in [5.74, 6) is 0. The van der Waals surface area contributed by atoms with Crippen molar-refractivity contribution in [1.82, 2.24) is 0 Å². The average molecular weight is 329 g/mol. The zero-order chi connectivity index (χ0) is 17.2. The van der Waals surface area contributed by atoms with Gasteiger partial charge in [0, 0.05) is 0 Å². The largest absolute Gasteiger partial charge is 0.391 e. The molecule has 0 spiro atoms. The van der Waals surface area contributed by atoms with Gasteiger partial charge in [0.25, 0.3) is 0 Å². The third-order valence-electron chi connectivity index (χ3n) is 4.58. The van der Waals surface area contributed by atoms with Crippen LogP contribution < -0.4 is 0 Å². The van der Waals surface area contributed by atoms with E-state index in [9.17, 15) is 5.11 Å². The number of ether oxygens (including phenoxy) is 1. The Labute approximate surface area is 146 Å². The predicted molar refractivity (Wildman–Crippen MR) is 102 cm³/mol. The standard InChI is InChI=1S/C21H44O2/c1-4-6-8-10-11-12-14-16-18-21(23-19-20(3)22)17-15-13-9-7-5-2/h20-22H,4-19H2,1-3H3. The summed E-state index contributed by atoms with van der Waals surface area (Å²) >= 11 is 0. The molecule has 0 aliphatic rings. The second kappa shape index (κ2) is 18.3. The van der Waals surface area contributed by atoms with Gasteiger partial charge in [-0.3, -0.25) is 0 Å². The first-order chi connectivity index (χ1) is 11.2. The Morgan fingerprint density at radius 1 is 0.652 bits per heavy atom. The maximum Gasteiger partial charge on any atom is 0.0745 e. The van der Waals surface area contributed by atoms with E-state index in [2.05, 4.69) is 13.8 Å². The van der Waals surface area contributed by atoms with E-state index in [1.165, 1.54) is 96.3 Å². The minimum absolute atomic E-state index is 0.337. The van der Waals surface area contributed by atoms with Crippen molar-refractivity contribution in [2.75, 3.05) is 6.61 Å². The number of hydrogen-bond donors (Lipinski definition) is 1. The molecule has 0 bridgehead atoms. The van der Waals surface area contributed by atoms with Crippen molar-refractivity contribution < 1.29 is 9.84 Å². The average Bonchev–Trinajstić information content (AvgIpc) is 2.53. The third kappa shape index (κ3) is 18.1. The monoisotopic (exact) mass is 328 g/mol. The van der Waals surface area contributed by atoms with Crippen molar-refractivity contribution >= 4 is 0 Å². The summed E-state index contributed by atoms with van der Waals surface area (Å²) in [6.07, 6.45) is 20.0. The third-order valence-corrected chi connectivity index (χ3v) is 4.58. The molecule has 0 aromatic carbocycles. The second-order valence-electron chi connectivity index (χ2n) is 7.27. The molecular formula is C21H44O2. The number of aliphatic hydroxyl groups is 1. The van der Waals surface area contributed by atoms with Gasteiger partial charge in [0.1, 0.15) is 0 Å². The van der Waals surface area contributed by atoms with Gasteiger partial charge < -0.3 is 9.84 Å². The van der Waals surface area contributed by atoms with Crippen LogP contribution >= 0.6 is 0 Å². The van der Waals surface area contributed by atoms with Gasteiger partial charge >= 0.3 is 0 Å². The van der Waals surface area contributed by atoms with E-state index in [0.29, 0.717) is 12.7 Å². The van der Waals surface area contributed by atoms with Crippen LogP contribution in [-0.2, 0) is 4.74 Å². The molecule has 0 aliphatic carbocycles. The van der Waals surface area contributed by atoms with E-state index in [1.807, 2.05) is 6.92 Å². The number of aliphatic hydroxyl groups excluding tert-OH is 1. The van der Waals surface area contributed by atoms with E-state index in [1.54, 1.807) is 0 Å². The molecule has 0 saturated heterocycles. The molecule has 2 heteroatoms. The molecule has 0 fully saturated rings. The fourth-order valence-electron chi connectivity index (χ4n) is 3.07. The van der Waals surface area contributed by atoms with E-state index < -0.39 is 0 Å². The maximum atomic E-state index is 9.43. The fraction of sp³-hybridized carbons (Fsp3) is 1.00. The highest BCUT2D eigenvalue weighted by Gasteiger charge is 2.10. The number of rotatable bonds is 18. The summed E-state index contributed by atoms with van der Waals surface area (Å²) in [5, 5.41) is 9.43. The normalized spacial score (nSPS) is 14.1. The van der Waals surface area contributed by atoms with Crippen molar-refractivity contribution in [1.29, 1.82) is 0 Å². The van der Waals surface area contributed by atoms with Gasteiger partial charge in [0.2, 0.25) is 0 Å². The molecule has 23 heavy (non-hydrogen) atoms. The van der Waals surface area contributed by atoms with Crippen molar-refractivity contribution in [2.45, 2.75) is 129 Å². The Morgan fingerprint density at radius 3 is 1.43 bits per heavy atom. The van der Waals surface area contributed by atoms with Crippen molar-refractivity contribution in [3.63, 3.8) is 0 Å². The molecular weight excluding hydrogens is 284 g/mol. The highest BCUT2D eigenvalue weighted by atomic mass is 16.5. The first kappa shape index (κ1) is 22.9. The van der Waals surface area contributed by atoms with Crippen LogP contribution in [0.5, 0.6) is 0 Å². The Hall–Kier alpha value is -0.0800. The van der Waals surface area contributed by atoms with Crippen LogP contribution in [0.15, 0.2) is 0 Å². The Morgan fingerprint density at radius 2 is 1.04 bits per heavy atom. The van der Waals surface area contributed by atoms with Gasteiger partial charge in [0.05, 0.1) is 18.8 Å². The molecule has 0 amide bonds. The van der Waals surface area contributed by atoms with Crippen molar-refractivity contribution in [3.05, 3.63) is 0 Å². The topological polar surface area (TPSA) is 29.5 Å². The Balaban J connectivity index is 3.66. The molecule has 2 nitrogen and oxygen atoms in total. The summed E-state index contributed by atoms with van der Waals surface area (Å²) in [6.45, 7) is 6.84. The summed E-state index contributed by atoms with van der Waals surface area (Å²) in [7, 11) is 0. The molecule has 2 atom stereocenters. The van der Waals surface area contributed by atoms with Crippen LogP contribution in [0.3, 0.4) is 0 Å². The van der Waals surface area contributed by atoms with Gasteiger partial charge in [-0.25, -0.2) is 0 Å². The summed E-state index contributed by atoms with van der Waals surface area (Å²) in [6, 6.07) is 0. The smallest absolute Gasteiger partial charge is 0.0745 e. The lowest BCUT2D eigenvalue weighted by atomic mass is 10.0. The molecule has 0 aromatic rings. The lowest BCUT2D eigenvalue weighted by Crippen LogP contribution is -2.19. The molecule has 2 unspecified atom stereocenters. The quantitative estimate of drug-likeness (QED) is 0.286. The molecule has 0 radical (unpaired) electrons. The molecule has 0 aromatic heterocycles. The van der Waals surface area contributed by atoms with Crippen molar-refractivity contribution in [2.24, 2.45) is 0 Å². The minimum Gasteiger partial charge on any atom is -0.391 e. The second-order valence-corrected chi connectivity index (χ2v) is 7.27. The van der Waals surface area contributed by atoms with Crippen LogP contribution in [0.1, 0.15) is 117 Å². The number of unbranched alkanes of at least 4 members (excludes halogenated alkanes) is 11. The Bertz CT molecular complexity index is 216. The van der Waals surface area contributed by atoms with Crippen molar-refractivity contribution in [3.8, 4) is 0 Å². The van der Waals surface area contributed by atoms with Crippen LogP contribution in [0.4, 0.5) is 0 Å². The predicted octanol–water partition coefficient (Wildman–Crippen LogP) is 6.64. The van der Waals surface area contributed by atoms with E-state index in [4.69, 9.17) is 4.74 Å². The maximum absolute atomic E-state index is 9.43. The van der Waals surface area contributed by atoms with Crippen LogP contribution in [0.2, 0.25) is 0 Å². The van der Waals surface area contributed by atoms with Gasteiger partial charge in [-0.1, -0.05) is 97.3 Å². The van der Waals surface area contributed by atoms with Gasteiger partial charge in [-0.05, 0) is 19.8 Å². The van der Waals surface area contributed by atoms with Gasteiger partial charge in [-0.15, -0.1) is 0 Å². The summed E-state index contributed by atoms with van der Waals surface area (Å²) < 4.78 is 5.92. The summed E-state index contributed by atoms with van der Waals surface area (Å²) in [5.41, 5.74) is 0. The molecule has 0 rings (SSSR count). The SMILES string of the molecule is CCCCCCCCCCC(CCCCCCC)OCC(C)O. The highest BCUT2D eigenvalue weighted by Crippen LogP contribution is 2.17. The van der Waals surface area contributed by atoms with E-state index in [0.717, 1.165) is 0 Å². The zero-order valence-corrected chi connectivity index (χ0v) is 16.3. The molecule has 0 aliphatic heterocycles. The van der Waals surface area contributed by atoms with Crippen LogP contribution in [0, 0.1) is 0 Å². The van der Waals surface area contributed by atoms with Crippen LogP contribution in [0.25, 0.3) is 0 Å². The van der Waals surface area contributed by atoms with Gasteiger partial charge in [-0.2, -0.15) is 0 Å². The number of hydrogen-bond acceptors (Lipinski definition) is 2.